The van der Waals surface area contributed by atoms with Crippen molar-refractivity contribution in [2.45, 2.75) is 6.92 Å². The van der Waals surface area contributed by atoms with Gasteiger partial charge in [-0.25, -0.2) is 4.98 Å². The van der Waals surface area contributed by atoms with Gasteiger partial charge in [-0.05, 0) is 72.7 Å². The van der Waals surface area contributed by atoms with Gasteiger partial charge in [-0.15, -0.1) is 0 Å². The van der Waals surface area contributed by atoms with Gasteiger partial charge in [-0.2, -0.15) is 0 Å². The molecular weight excluding hydrogens is 356 g/mol. The second kappa shape index (κ2) is 7.60. The molecule has 0 unspecified atom stereocenters. The van der Waals surface area contributed by atoms with Crippen LogP contribution in [0.3, 0.4) is 0 Å². The quantitative estimate of drug-likeness (QED) is 0.366. The summed E-state index contributed by atoms with van der Waals surface area (Å²) < 4.78 is 5.83. The fourth-order valence-electron chi connectivity index (χ4n) is 2.71. The number of aliphatic imine (C=N–C) groups is 1. The van der Waals surface area contributed by atoms with Crippen LogP contribution < -0.4 is 0 Å². The molecule has 0 amide bonds. The Hall–Kier alpha value is -3.17. The molecule has 0 spiro atoms. The highest BCUT2D eigenvalue weighted by molar-refractivity contribution is 6.30. The third-order valence-electron chi connectivity index (χ3n) is 4.13. The maximum absolute atomic E-state index is 5.88. The zero-order valence-corrected chi connectivity index (χ0v) is 15.5. The highest BCUT2D eigenvalue weighted by Gasteiger charge is 2.07. The van der Waals surface area contributed by atoms with Gasteiger partial charge in [-0.3, -0.25) is 4.99 Å². The molecule has 0 aliphatic carbocycles. The van der Waals surface area contributed by atoms with Crippen LogP contribution in [0.25, 0.3) is 28.6 Å². The molecule has 4 heteroatoms. The molecule has 0 aliphatic rings. The average molecular weight is 373 g/mol. The molecule has 4 aromatic rings. The number of halogens is 1. The first kappa shape index (κ1) is 17.3. The minimum Gasteiger partial charge on any atom is -0.436 e. The van der Waals surface area contributed by atoms with Gasteiger partial charge in [0.05, 0.1) is 5.69 Å². The van der Waals surface area contributed by atoms with Crippen LogP contribution in [0.4, 0.5) is 5.69 Å². The molecule has 1 aromatic heterocycles. The lowest BCUT2D eigenvalue weighted by Crippen LogP contribution is -1.77. The average Bonchev–Trinajstić information content (AvgIpc) is 3.10. The largest absolute Gasteiger partial charge is 0.436 e. The van der Waals surface area contributed by atoms with Crippen LogP contribution in [0.5, 0.6) is 0 Å². The molecule has 1 heterocycles. The van der Waals surface area contributed by atoms with Crippen LogP contribution in [0.15, 0.2) is 82.2 Å². The predicted molar refractivity (Wildman–Crippen MR) is 113 cm³/mol. The van der Waals surface area contributed by atoms with Gasteiger partial charge in [0.2, 0.25) is 5.89 Å². The van der Waals surface area contributed by atoms with Gasteiger partial charge in [0, 0.05) is 16.8 Å². The third kappa shape index (κ3) is 4.15. The summed E-state index contributed by atoms with van der Waals surface area (Å²) >= 11 is 5.88. The van der Waals surface area contributed by atoms with E-state index in [-0.39, 0.29) is 0 Å². The number of aryl methyl sites for hydroxylation is 1. The Morgan fingerprint density at radius 2 is 1.74 bits per heavy atom. The number of oxazole rings is 1. The number of hydrogen-bond donors (Lipinski definition) is 0. The van der Waals surface area contributed by atoms with Crippen molar-refractivity contribution in [1.82, 2.24) is 4.98 Å². The molecule has 0 radical (unpaired) electrons. The second-order valence-corrected chi connectivity index (χ2v) is 6.66. The maximum atomic E-state index is 5.88. The number of benzene rings is 3. The van der Waals surface area contributed by atoms with E-state index in [1.165, 1.54) is 5.56 Å². The first-order chi connectivity index (χ1) is 13.2. The lowest BCUT2D eigenvalue weighted by Gasteiger charge is -1.96. The van der Waals surface area contributed by atoms with E-state index in [9.17, 15) is 0 Å². The number of hydrogen-bond acceptors (Lipinski definition) is 3. The van der Waals surface area contributed by atoms with Crippen molar-refractivity contribution < 1.29 is 4.42 Å². The zero-order chi connectivity index (χ0) is 18.6. The van der Waals surface area contributed by atoms with E-state index in [0.29, 0.717) is 5.89 Å². The molecule has 0 bridgehead atoms. The topological polar surface area (TPSA) is 38.4 Å². The minimum atomic E-state index is 0.619. The first-order valence-corrected chi connectivity index (χ1v) is 8.99. The van der Waals surface area contributed by atoms with Gasteiger partial charge in [0.1, 0.15) is 5.52 Å². The lowest BCUT2D eigenvalue weighted by molar-refractivity contribution is 0.620. The van der Waals surface area contributed by atoms with Crippen molar-refractivity contribution in [3.8, 4) is 11.5 Å². The van der Waals surface area contributed by atoms with E-state index in [0.717, 1.165) is 32.9 Å². The normalized spacial score (nSPS) is 11.8. The number of nitrogens with zero attached hydrogens (tertiary/aromatic N) is 2. The van der Waals surface area contributed by atoms with Crippen LogP contribution >= 0.6 is 11.6 Å². The van der Waals surface area contributed by atoms with Crippen LogP contribution in [0.1, 0.15) is 11.1 Å². The summed E-state index contributed by atoms with van der Waals surface area (Å²) in [6.45, 7) is 2.04. The van der Waals surface area contributed by atoms with E-state index in [4.69, 9.17) is 16.0 Å². The van der Waals surface area contributed by atoms with E-state index in [1.807, 2.05) is 85.8 Å². The number of rotatable bonds is 4. The molecule has 27 heavy (non-hydrogen) atoms. The fraction of sp³-hybridized carbons (Fsp3) is 0.0435. The van der Waals surface area contributed by atoms with Gasteiger partial charge < -0.3 is 4.42 Å². The second-order valence-electron chi connectivity index (χ2n) is 6.23. The Balaban J connectivity index is 1.47. The van der Waals surface area contributed by atoms with E-state index in [2.05, 4.69) is 9.98 Å². The standard InChI is InChI=1S/C23H17ClN2O/c1-16-4-13-22-21(15-16)26-23(27-22)18-7-11-20(12-8-18)25-14-2-3-17-5-9-19(24)10-6-17/h2-15H,1H3. The van der Waals surface area contributed by atoms with E-state index < -0.39 is 0 Å². The summed E-state index contributed by atoms with van der Waals surface area (Å²) in [5.74, 6) is 0.619. The van der Waals surface area contributed by atoms with Gasteiger partial charge >= 0.3 is 0 Å². The summed E-state index contributed by atoms with van der Waals surface area (Å²) in [6, 6.07) is 21.5. The lowest BCUT2D eigenvalue weighted by atomic mass is 10.2. The fourth-order valence-corrected chi connectivity index (χ4v) is 2.83. The van der Waals surface area contributed by atoms with Gasteiger partial charge in [0.15, 0.2) is 5.58 Å². The van der Waals surface area contributed by atoms with Crippen molar-refractivity contribution in [3.05, 3.63) is 89.0 Å². The number of allylic oxidation sites excluding steroid dienone is 1. The summed E-state index contributed by atoms with van der Waals surface area (Å²) in [5, 5.41) is 0.731. The third-order valence-corrected chi connectivity index (χ3v) is 4.38. The van der Waals surface area contributed by atoms with Crippen LogP contribution in [0.2, 0.25) is 5.02 Å². The van der Waals surface area contributed by atoms with Crippen LogP contribution in [0, 0.1) is 6.92 Å². The maximum Gasteiger partial charge on any atom is 0.227 e. The zero-order valence-electron chi connectivity index (χ0n) is 14.8. The Bertz CT molecular complexity index is 1120. The molecule has 4 rings (SSSR count). The molecule has 0 saturated carbocycles. The summed E-state index contributed by atoms with van der Waals surface area (Å²) in [7, 11) is 0. The Labute approximate surface area is 162 Å². The van der Waals surface area contributed by atoms with E-state index in [1.54, 1.807) is 6.21 Å². The molecule has 3 nitrogen and oxygen atoms in total. The molecule has 0 N–H and O–H groups in total. The highest BCUT2D eigenvalue weighted by atomic mass is 35.5. The van der Waals surface area contributed by atoms with Gasteiger partial charge in [-0.1, -0.05) is 35.9 Å². The summed E-state index contributed by atoms with van der Waals surface area (Å²) in [4.78, 5) is 9.00. The first-order valence-electron chi connectivity index (χ1n) is 8.61. The molecule has 0 atom stereocenters. The SMILES string of the molecule is Cc1ccc2oc(-c3ccc(N=CC=Cc4ccc(Cl)cc4)cc3)nc2c1. The molecule has 0 fully saturated rings. The Morgan fingerprint density at radius 1 is 0.963 bits per heavy atom. The van der Waals surface area contributed by atoms with Crippen molar-refractivity contribution in [3.63, 3.8) is 0 Å². The molecule has 0 aliphatic heterocycles. The highest BCUT2D eigenvalue weighted by Crippen LogP contribution is 2.26. The molecule has 0 saturated heterocycles. The van der Waals surface area contributed by atoms with E-state index >= 15 is 0 Å². The summed E-state index contributed by atoms with van der Waals surface area (Å²) in [5.41, 5.74) is 5.71. The van der Waals surface area contributed by atoms with Gasteiger partial charge in [0.25, 0.3) is 0 Å². The van der Waals surface area contributed by atoms with Crippen molar-refractivity contribution >= 4 is 40.7 Å². The predicted octanol–water partition coefficient (Wildman–Crippen LogP) is 6.87. The molecule has 132 valence electrons. The monoisotopic (exact) mass is 372 g/mol. The smallest absolute Gasteiger partial charge is 0.227 e. The minimum absolute atomic E-state index is 0.619. The van der Waals surface area contributed by atoms with Crippen LogP contribution in [-0.4, -0.2) is 11.2 Å². The van der Waals surface area contributed by atoms with Crippen molar-refractivity contribution in [2.24, 2.45) is 4.99 Å². The number of fused-ring (bicyclic) bond motifs is 1. The summed E-state index contributed by atoms with van der Waals surface area (Å²) in [6.07, 6.45) is 5.65. The molecule has 3 aromatic carbocycles. The Kier molecular flexibility index (Phi) is 4.86. The number of aromatic nitrogens is 1. The Morgan fingerprint density at radius 3 is 2.52 bits per heavy atom. The van der Waals surface area contributed by atoms with Crippen LogP contribution in [-0.2, 0) is 0 Å². The van der Waals surface area contributed by atoms with Crippen molar-refractivity contribution in [1.29, 1.82) is 0 Å². The molecular formula is C23H17ClN2O. The van der Waals surface area contributed by atoms with Crippen molar-refractivity contribution in [2.75, 3.05) is 0 Å².